The van der Waals surface area contributed by atoms with Gasteiger partial charge in [0, 0.05) is 36.6 Å². The monoisotopic (exact) mass is 312 g/mol. The van der Waals surface area contributed by atoms with Crippen LogP contribution >= 0.6 is 0 Å². The summed E-state index contributed by atoms with van der Waals surface area (Å²) in [6, 6.07) is 8.88. The zero-order valence-corrected chi connectivity index (χ0v) is 14.3. The maximum Gasteiger partial charge on any atom is 0.220 e. The van der Waals surface area contributed by atoms with E-state index < -0.39 is 0 Å². The minimum atomic E-state index is 0.226. The van der Waals surface area contributed by atoms with Gasteiger partial charge in [0.15, 0.2) is 0 Å². The van der Waals surface area contributed by atoms with E-state index in [0.717, 1.165) is 19.3 Å². The molecule has 1 N–H and O–H groups in total. The van der Waals surface area contributed by atoms with Crippen molar-refractivity contribution in [2.24, 2.45) is 13.0 Å². The molecular formula is C20H28N2O. The van der Waals surface area contributed by atoms with Gasteiger partial charge in [0.05, 0.1) is 0 Å². The lowest BCUT2D eigenvalue weighted by molar-refractivity contribution is -0.122. The van der Waals surface area contributed by atoms with E-state index in [1.54, 1.807) is 0 Å². The van der Waals surface area contributed by atoms with Crippen LogP contribution in [0.15, 0.2) is 30.5 Å². The molecule has 2 aromatic rings. The van der Waals surface area contributed by atoms with Crippen LogP contribution in [0.2, 0.25) is 0 Å². The number of carbonyl (C=O) groups excluding carboxylic acids is 1. The lowest BCUT2D eigenvalue weighted by atomic mass is 9.86. The first-order valence-corrected chi connectivity index (χ1v) is 8.97. The molecule has 0 unspecified atom stereocenters. The second kappa shape index (κ2) is 7.20. The fourth-order valence-corrected chi connectivity index (χ4v) is 3.87. The highest BCUT2D eigenvalue weighted by Crippen LogP contribution is 2.24. The fraction of sp³-hybridized carbons (Fsp3) is 0.550. The number of aromatic nitrogens is 1. The largest absolute Gasteiger partial charge is 0.353 e. The van der Waals surface area contributed by atoms with Crippen LogP contribution in [-0.2, 0) is 18.3 Å². The number of nitrogens with zero attached hydrogens (tertiary/aromatic N) is 1. The van der Waals surface area contributed by atoms with E-state index in [4.69, 9.17) is 0 Å². The average Bonchev–Trinajstić information content (AvgIpc) is 2.87. The van der Waals surface area contributed by atoms with Crippen LogP contribution in [0.5, 0.6) is 0 Å². The number of rotatable bonds is 5. The number of nitrogens with one attached hydrogen (secondary N) is 1. The summed E-state index contributed by atoms with van der Waals surface area (Å²) in [4.78, 5) is 12.2. The SMILES string of the molecule is C[C@@H]1CCCC[C@H]1NC(=O)CCCc1cn(C)c2ccccc12. The van der Waals surface area contributed by atoms with E-state index in [1.165, 1.54) is 35.7 Å². The predicted molar refractivity (Wildman–Crippen MR) is 95.4 cm³/mol. The van der Waals surface area contributed by atoms with Gasteiger partial charge in [-0.1, -0.05) is 38.0 Å². The lowest BCUT2D eigenvalue weighted by Crippen LogP contribution is -2.40. The maximum atomic E-state index is 12.2. The molecule has 3 heteroatoms. The Balaban J connectivity index is 1.51. The molecule has 0 spiro atoms. The molecule has 0 saturated heterocycles. The summed E-state index contributed by atoms with van der Waals surface area (Å²) in [7, 11) is 2.09. The molecular weight excluding hydrogens is 284 g/mol. The van der Waals surface area contributed by atoms with Crippen molar-refractivity contribution < 1.29 is 4.79 Å². The molecule has 1 aliphatic carbocycles. The van der Waals surface area contributed by atoms with E-state index in [-0.39, 0.29) is 5.91 Å². The summed E-state index contributed by atoms with van der Waals surface area (Å²) in [5.41, 5.74) is 2.62. The first-order valence-electron chi connectivity index (χ1n) is 8.97. The molecule has 0 radical (unpaired) electrons. The summed E-state index contributed by atoms with van der Waals surface area (Å²) in [6.07, 6.45) is 9.69. The molecule has 23 heavy (non-hydrogen) atoms. The van der Waals surface area contributed by atoms with Gasteiger partial charge in [0.1, 0.15) is 0 Å². The number of fused-ring (bicyclic) bond motifs is 1. The van der Waals surface area contributed by atoms with Gasteiger partial charge in [-0.3, -0.25) is 4.79 Å². The van der Waals surface area contributed by atoms with Crippen LogP contribution in [0, 0.1) is 5.92 Å². The molecule has 1 amide bonds. The van der Waals surface area contributed by atoms with E-state index in [9.17, 15) is 4.79 Å². The van der Waals surface area contributed by atoms with Crippen LogP contribution in [-0.4, -0.2) is 16.5 Å². The van der Waals surface area contributed by atoms with Gasteiger partial charge in [0.2, 0.25) is 5.91 Å². The van der Waals surface area contributed by atoms with Crippen LogP contribution in [0.3, 0.4) is 0 Å². The third kappa shape index (κ3) is 3.77. The third-order valence-corrected chi connectivity index (χ3v) is 5.29. The Hall–Kier alpha value is -1.77. The molecule has 1 aromatic carbocycles. The Kier molecular flexibility index (Phi) is 5.04. The Labute approximate surface area is 139 Å². The van der Waals surface area contributed by atoms with Crippen molar-refractivity contribution in [1.82, 2.24) is 9.88 Å². The summed E-state index contributed by atoms with van der Waals surface area (Å²) in [6.45, 7) is 2.26. The van der Waals surface area contributed by atoms with Gasteiger partial charge in [-0.25, -0.2) is 0 Å². The average molecular weight is 312 g/mol. The molecule has 2 atom stereocenters. The molecule has 0 bridgehead atoms. The number of para-hydroxylation sites is 1. The topological polar surface area (TPSA) is 34.0 Å². The van der Waals surface area contributed by atoms with Gasteiger partial charge in [-0.15, -0.1) is 0 Å². The van der Waals surface area contributed by atoms with E-state index in [1.807, 2.05) is 0 Å². The third-order valence-electron chi connectivity index (χ3n) is 5.29. The second-order valence-corrected chi connectivity index (χ2v) is 7.07. The zero-order chi connectivity index (χ0) is 16.2. The van der Waals surface area contributed by atoms with Crippen molar-refractivity contribution in [3.8, 4) is 0 Å². The Morgan fingerprint density at radius 2 is 2.04 bits per heavy atom. The summed E-state index contributed by atoms with van der Waals surface area (Å²) in [5.74, 6) is 0.856. The molecule has 1 heterocycles. The molecule has 124 valence electrons. The molecule has 3 rings (SSSR count). The minimum absolute atomic E-state index is 0.226. The van der Waals surface area contributed by atoms with E-state index in [2.05, 4.69) is 54.3 Å². The normalized spacial score (nSPS) is 21.5. The summed E-state index contributed by atoms with van der Waals surface area (Å²) < 4.78 is 2.18. The maximum absolute atomic E-state index is 12.2. The van der Waals surface area contributed by atoms with E-state index >= 15 is 0 Å². The highest BCUT2D eigenvalue weighted by atomic mass is 16.1. The minimum Gasteiger partial charge on any atom is -0.353 e. The van der Waals surface area contributed by atoms with Gasteiger partial charge in [0.25, 0.3) is 0 Å². The van der Waals surface area contributed by atoms with Crippen LogP contribution in [0.25, 0.3) is 10.9 Å². The van der Waals surface area contributed by atoms with Crippen molar-refractivity contribution in [2.75, 3.05) is 0 Å². The quantitative estimate of drug-likeness (QED) is 0.882. The van der Waals surface area contributed by atoms with Crippen molar-refractivity contribution in [3.05, 3.63) is 36.0 Å². The molecule has 1 aromatic heterocycles. The molecule has 1 saturated carbocycles. The number of hydrogen-bond donors (Lipinski definition) is 1. The number of benzene rings is 1. The Bertz CT molecular complexity index is 673. The summed E-state index contributed by atoms with van der Waals surface area (Å²) in [5, 5.41) is 4.57. The Morgan fingerprint density at radius 3 is 2.87 bits per heavy atom. The molecule has 3 nitrogen and oxygen atoms in total. The molecule has 1 fully saturated rings. The van der Waals surface area contributed by atoms with Crippen molar-refractivity contribution >= 4 is 16.8 Å². The van der Waals surface area contributed by atoms with Crippen molar-refractivity contribution in [2.45, 2.75) is 57.9 Å². The first-order chi connectivity index (χ1) is 11.1. The van der Waals surface area contributed by atoms with Gasteiger partial charge in [-0.2, -0.15) is 0 Å². The molecule has 0 aliphatic heterocycles. The number of aryl methyl sites for hydroxylation is 2. The van der Waals surface area contributed by atoms with Gasteiger partial charge >= 0.3 is 0 Å². The fourth-order valence-electron chi connectivity index (χ4n) is 3.87. The number of amides is 1. The number of carbonyl (C=O) groups is 1. The zero-order valence-electron chi connectivity index (χ0n) is 14.3. The standard InChI is InChI=1S/C20H28N2O/c1-15-8-3-5-11-18(15)21-20(23)13-7-9-16-14-22(2)19-12-6-4-10-17(16)19/h4,6,10,12,14-15,18H,3,5,7-9,11,13H2,1-2H3,(H,21,23)/t15-,18-/m1/s1. The van der Waals surface area contributed by atoms with Gasteiger partial charge < -0.3 is 9.88 Å². The predicted octanol–water partition coefficient (Wildman–Crippen LogP) is 4.20. The van der Waals surface area contributed by atoms with Crippen molar-refractivity contribution in [1.29, 1.82) is 0 Å². The van der Waals surface area contributed by atoms with Crippen LogP contribution < -0.4 is 5.32 Å². The smallest absolute Gasteiger partial charge is 0.220 e. The van der Waals surface area contributed by atoms with Crippen molar-refractivity contribution in [3.63, 3.8) is 0 Å². The molecule has 1 aliphatic rings. The summed E-state index contributed by atoms with van der Waals surface area (Å²) >= 11 is 0. The highest BCUT2D eigenvalue weighted by Gasteiger charge is 2.22. The Morgan fingerprint density at radius 1 is 1.26 bits per heavy atom. The second-order valence-electron chi connectivity index (χ2n) is 7.07. The van der Waals surface area contributed by atoms with E-state index in [0.29, 0.717) is 18.4 Å². The van der Waals surface area contributed by atoms with Crippen LogP contribution in [0.1, 0.15) is 51.0 Å². The number of hydrogen-bond acceptors (Lipinski definition) is 1. The first kappa shape index (κ1) is 16.1. The highest BCUT2D eigenvalue weighted by molar-refractivity contribution is 5.84. The van der Waals surface area contributed by atoms with Crippen LogP contribution in [0.4, 0.5) is 0 Å². The lowest BCUT2D eigenvalue weighted by Gasteiger charge is -2.29. The van der Waals surface area contributed by atoms with Gasteiger partial charge in [-0.05, 0) is 43.2 Å².